The summed E-state index contributed by atoms with van der Waals surface area (Å²) in [5.41, 5.74) is -1.52. The van der Waals surface area contributed by atoms with Crippen molar-refractivity contribution in [1.29, 1.82) is 0 Å². The molecule has 0 spiro atoms. The van der Waals surface area contributed by atoms with Crippen LogP contribution in [-0.2, 0) is 37.8 Å². The first-order valence-electron chi connectivity index (χ1n) is 15.7. The zero-order chi connectivity index (χ0) is 35.5. The number of hydrogen-bond donors (Lipinski definition) is 0. The largest absolute Gasteiger partial charge is 0.496 e. The van der Waals surface area contributed by atoms with Crippen LogP contribution in [0.4, 0.5) is 4.39 Å². The number of halogens is 1. The van der Waals surface area contributed by atoms with E-state index in [0.29, 0.717) is 10.6 Å². The first kappa shape index (κ1) is 35.4. The van der Waals surface area contributed by atoms with Gasteiger partial charge in [-0.2, -0.15) is 10.2 Å². The SMILES string of the molecule is COc1ccc(F)cc1[C@@H](Cn1c(=O)n(C(C)(C)C(=O)CC(C)C)c(=O)c2c(C)c(-n3nccn3)sc21)OC(=O)COCc1ccccc1. The Morgan fingerprint density at radius 3 is 2.39 bits per heavy atom. The van der Waals surface area contributed by atoms with Crippen molar-refractivity contribution in [3.63, 3.8) is 0 Å². The molecule has 3 heterocycles. The van der Waals surface area contributed by atoms with Crippen LogP contribution in [0.15, 0.2) is 70.5 Å². The Morgan fingerprint density at radius 2 is 1.73 bits per heavy atom. The molecule has 5 rings (SSSR count). The highest BCUT2D eigenvalue weighted by Crippen LogP contribution is 2.34. The van der Waals surface area contributed by atoms with E-state index in [1.807, 2.05) is 44.2 Å². The molecule has 0 bridgehead atoms. The van der Waals surface area contributed by atoms with Crippen LogP contribution in [0.25, 0.3) is 15.2 Å². The van der Waals surface area contributed by atoms with E-state index in [1.54, 1.807) is 6.92 Å². The third-order valence-corrected chi connectivity index (χ3v) is 9.40. The number of carbonyl (C=O) groups is 2. The number of Topliss-reactive ketones (excluding diaryl/α,β-unsaturated/α-hetero) is 1. The minimum atomic E-state index is -1.54. The van der Waals surface area contributed by atoms with E-state index >= 15 is 0 Å². The summed E-state index contributed by atoms with van der Waals surface area (Å²) in [6, 6.07) is 13.0. The standard InChI is InChI=1S/C35H38FN5O7S/c1-21(2)16-28(42)35(4,5)40-31(44)30-22(3)32(41-37-14-15-38-41)49-33(30)39(34(40)45)18-27(25-17-24(36)12-13-26(25)46-6)48-29(43)20-47-19-23-10-8-7-9-11-23/h7-15,17,21,27H,16,18-20H2,1-6H3/t27-/m1/s1. The Bertz CT molecular complexity index is 2090. The maximum Gasteiger partial charge on any atom is 0.333 e. The van der Waals surface area contributed by atoms with Gasteiger partial charge in [0, 0.05) is 17.5 Å². The van der Waals surface area contributed by atoms with E-state index in [4.69, 9.17) is 14.2 Å². The van der Waals surface area contributed by atoms with Gasteiger partial charge in [-0.15, -0.1) is 4.80 Å². The van der Waals surface area contributed by atoms with E-state index in [0.717, 1.165) is 27.5 Å². The summed E-state index contributed by atoms with van der Waals surface area (Å²) in [5.74, 6) is -1.53. The predicted octanol–water partition coefficient (Wildman–Crippen LogP) is 5.11. The van der Waals surface area contributed by atoms with Gasteiger partial charge in [0.1, 0.15) is 39.6 Å². The number of aryl methyl sites for hydroxylation is 1. The monoisotopic (exact) mass is 691 g/mol. The molecular formula is C35H38FN5O7S. The van der Waals surface area contributed by atoms with Crippen molar-refractivity contribution >= 4 is 33.3 Å². The van der Waals surface area contributed by atoms with Gasteiger partial charge in [-0.3, -0.25) is 14.2 Å². The Balaban J connectivity index is 1.66. The Labute approximate surface area is 285 Å². The lowest BCUT2D eigenvalue weighted by Gasteiger charge is -2.28. The van der Waals surface area contributed by atoms with E-state index in [1.165, 1.54) is 54.8 Å². The van der Waals surface area contributed by atoms with Crippen molar-refractivity contribution < 1.29 is 28.2 Å². The molecule has 3 aromatic heterocycles. The maximum absolute atomic E-state index is 14.7. The van der Waals surface area contributed by atoms with Gasteiger partial charge < -0.3 is 14.2 Å². The molecule has 0 aliphatic carbocycles. The average Bonchev–Trinajstić information content (AvgIpc) is 3.71. The molecule has 0 amide bonds. The summed E-state index contributed by atoms with van der Waals surface area (Å²) in [4.78, 5) is 57.1. The fourth-order valence-electron chi connectivity index (χ4n) is 5.59. The molecule has 0 aliphatic rings. The second-order valence-corrected chi connectivity index (χ2v) is 13.5. The van der Waals surface area contributed by atoms with Crippen molar-refractivity contribution in [2.75, 3.05) is 13.7 Å². The smallest absolute Gasteiger partial charge is 0.333 e. The van der Waals surface area contributed by atoms with Crippen molar-refractivity contribution in [2.24, 2.45) is 5.92 Å². The van der Waals surface area contributed by atoms with Crippen LogP contribution in [-0.4, -0.2) is 49.6 Å². The number of rotatable bonds is 14. The van der Waals surface area contributed by atoms with Gasteiger partial charge in [0.05, 0.1) is 38.0 Å². The van der Waals surface area contributed by atoms with E-state index in [9.17, 15) is 23.6 Å². The van der Waals surface area contributed by atoms with E-state index < -0.39 is 41.3 Å². The minimum absolute atomic E-state index is 0.0258. The molecule has 0 fully saturated rings. The molecule has 0 saturated carbocycles. The highest BCUT2D eigenvalue weighted by molar-refractivity contribution is 7.21. The summed E-state index contributed by atoms with van der Waals surface area (Å²) in [7, 11) is 1.39. The van der Waals surface area contributed by atoms with E-state index in [2.05, 4.69) is 10.2 Å². The molecule has 0 aliphatic heterocycles. The third kappa shape index (κ3) is 7.39. The number of thiophene rings is 1. The molecule has 5 aromatic rings. The van der Waals surface area contributed by atoms with Gasteiger partial charge in [-0.05, 0) is 50.5 Å². The van der Waals surface area contributed by atoms with Gasteiger partial charge in [0.15, 0.2) is 5.78 Å². The zero-order valence-electron chi connectivity index (χ0n) is 28.1. The molecule has 0 unspecified atom stereocenters. The van der Waals surface area contributed by atoms with Crippen LogP contribution in [0.1, 0.15) is 56.9 Å². The van der Waals surface area contributed by atoms with Crippen molar-refractivity contribution in [3.8, 4) is 10.8 Å². The van der Waals surface area contributed by atoms with Gasteiger partial charge >= 0.3 is 11.7 Å². The normalized spacial score (nSPS) is 12.4. The molecule has 258 valence electrons. The first-order valence-corrected chi connectivity index (χ1v) is 16.5. The predicted molar refractivity (Wildman–Crippen MR) is 182 cm³/mol. The van der Waals surface area contributed by atoms with Crippen LogP contribution >= 0.6 is 11.3 Å². The number of nitrogens with zero attached hydrogens (tertiary/aromatic N) is 5. The topological polar surface area (TPSA) is 137 Å². The van der Waals surface area contributed by atoms with Crippen LogP contribution in [0, 0.1) is 18.7 Å². The molecule has 2 aromatic carbocycles. The number of benzene rings is 2. The summed E-state index contributed by atoms with van der Waals surface area (Å²) in [5, 5.41) is 9.07. The molecule has 0 radical (unpaired) electrons. The first-order chi connectivity index (χ1) is 23.3. The lowest BCUT2D eigenvalue weighted by atomic mass is 9.91. The molecular weight excluding hydrogens is 653 g/mol. The summed E-state index contributed by atoms with van der Waals surface area (Å²) in [6.07, 6.45) is 1.81. The highest BCUT2D eigenvalue weighted by Gasteiger charge is 2.36. The van der Waals surface area contributed by atoms with Gasteiger partial charge in [-0.1, -0.05) is 55.5 Å². The number of methoxy groups -OCH3 is 1. The van der Waals surface area contributed by atoms with Gasteiger partial charge in [-0.25, -0.2) is 18.5 Å². The zero-order valence-corrected chi connectivity index (χ0v) is 29.0. The van der Waals surface area contributed by atoms with Crippen LogP contribution < -0.4 is 16.0 Å². The average molecular weight is 692 g/mol. The van der Waals surface area contributed by atoms with Gasteiger partial charge in [0.2, 0.25) is 0 Å². The van der Waals surface area contributed by atoms with Crippen molar-refractivity contribution in [1.82, 2.24) is 24.1 Å². The maximum atomic E-state index is 14.7. The molecule has 49 heavy (non-hydrogen) atoms. The minimum Gasteiger partial charge on any atom is -0.496 e. The number of hydrogen-bond acceptors (Lipinski definition) is 10. The number of ketones is 1. The van der Waals surface area contributed by atoms with Crippen LogP contribution in [0.3, 0.4) is 0 Å². The van der Waals surface area contributed by atoms with Gasteiger partial charge in [0.25, 0.3) is 5.56 Å². The number of esters is 1. The fourth-order valence-corrected chi connectivity index (χ4v) is 6.81. The van der Waals surface area contributed by atoms with E-state index in [-0.39, 0.29) is 52.8 Å². The second kappa shape index (κ2) is 14.7. The third-order valence-electron chi connectivity index (χ3n) is 8.11. The Kier molecular flexibility index (Phi) is 10.6. The van der Waals surface area contributed by atoms with Crippen molar-refractivity contribution in [2.45, 2.75) is 65.8 Å². The second-order valence-electron chi connectivity index (χ2n) is 12.5. The molecule has 1 atom stereocenters. The summed E-state index contributed by atoms with van der Waals surface area (Å²) >= 11 is 1.09. The molecule has 0 N–H and O–H groups in total. The van der Waals surface area contributed by atoms with Crippen LogP contribution in [0.5, 0.6) is 5.75 Å². The number of carbonyl (C=O) groups excluding carboxylic acids is 2. The Morgan fingerprint density at radius 1 is 1.04 bits per heavy atom. The molecule has 12 nitrogen and oxygen atoms in total. The highest BCUT2D eigenvalue weighted by atomic mass is 32.1. The molecule has 0 saturated heterocycles. The summed E-state index contributed by atoms with van der Waals surface area (Å²) < 4.78 is 34.0. The quantitative estimate of drug-likeness (QED) is 0.146. The number of ether oxygens (including phenoxy) is 3. The number of fused-ring (bicyclic) bond motifs is 1. The number of aromatic nitrogens is 5. The Hall–Kier alpha value is -4.95. The lowest BCUT2D eigenvalue weighted by Crippen LogP contribution is -2.53. The van der Waals surface area contributed by atoms with Crippen molar-refractivity contribution in [3.05, 3.63) is 104 Å². The summed E-state index contributed by atoms with van der Waals surface area (Å²) in [6.45, 7) is 7.87. The fraction of sp³-hybridized carbons (Fsp3) is 0.371. The molecule has 14 heteroatoms. The lowest BCUT2D eigenvalue weighted by molar-refractivity contribution is -0.156. The van der Waals surface area contributed by atoms with Crippen LogP contribution in [0.2, 0.25) is 0 Å².